The van der Waals surface area contributed by atoms with Crippen LogP contribution in [0.2, 0.25) is 0 Å². The topological polar surface area (TPSA) is 110 Å². The molecule has 1 aromatic carbocycles. The van der Waals surface area contributed by atoms with Crippen LogP contribution < -0.4 is 4.74 Å². The summed E-state index contributed by atoms with van der Waals surface area (Å²) in [4.78, 5) is 34.4. The Hall–Kier alpha value is -2.83. The van der Waals surface area contributed by atoms with Gasteiger partial charge in [0.15, 0.2) is 5.78 Å². The van der Waals surface area contributed by atoms with E-state index >= 15 is 0 Å². The molecule has 1 heterocycles. The van der Waals surface area contributed by atoms with Gasteiger partial charge in [-0.3, -0.25) is 4.79 Å². The lowest BCUT2D eigenvalue weighted by Gasteiger charge is -2.25. The van der Waals surface area contributed by atoms with Crippen molar-refractivity contribution in [1.82, 2.24) is 0 Å². The number of phenolic OH excluding ortho intramolecular Hbond substituents is 1. The van der Waals surface area contributed by atoms with Gasteiger partial charge in [0.2, 0.25) is 0 Å². The van der Waals surface area contributed by atoms with E-state index in [1.54, 1.807) is 0 Å². The molecule has 7 nitrogen and oxygen atoms in total. The number of methoxy groups -OCH3 is 1. The molecule has 1 aromatic rings. The summed E-state index contributed by atoms with van der Waals surface area (Å²) in [5.41, 5.74) is 0.382. The Labute approximate surface area is 125 Å². The number of ether oxygens (including phenoxy) is 2. The predicted octanol–water partition coefficient (Wildman–Crippen LogP) is 1.33. The van der Waals surface area contributed by atoms with Gasteiger partial charge in [-0.1, -0.05) is 0 Å². The molecule has 7 heteroatoms. The van der Waals surface area contributed by atoms with Gasteiger partial charge in [0.25, 0.3) is 0 Å². The summed E-state index contributed by atoms with van der Waals surface area (Å²) in [6, 6.07) is 1.18. The van der Waals surface area contributed by atoms with Crippen LogP contribution in [0.1, 0.15) is 33.2 Å². The Bertz CT molecular complexity index is 688. The minimum absolute atomic E-state index is 0.0739. The predicted molar refractivity (Wildman–Crippen MR) is 74.3 cm³/mol. The summed E-state index contributed by atoms with van der Waals surface area (Å²) in [6.07, 6.45) is 1.31. The number of phenols is 1. The van der Waals surface area contributed by atoms with Crippen molar-refractivity contribution in [3.05, 3.63) is 34.9 Å². The van der Waals surface area contributed by atoms with E-state index in [0.717, 1.165) is 6.08 Å². The van der Waals surface area contributed by atoms with Crippen LogP contribution >= 0.6 is 0 Å². The highest BCUT2D eigenvalue weighted by atomic mass is 16.5. The zero-order chi connectivity index (χ0) is 16.4. The fourth-order valence-corrected chi connectivity index (χ4v) is 2.41. The van der Waals surface area contributed by atoms with E-state index in [2.05, 4.69) is 0 Å². The molecule has 1 atom stereocenters. The number of aromatic hydroxyl groups is 1. The van der Waals surface area contributed by atoms with Crippen molar-refractivity contribution in [2.75, 3.05) is 7.11 Å². The highest BCUT2D eigenvalue weighted by molar-refractivity contribution is 6.04. The average molecular weight is 306 g/mol. The Morgan fingerprint density at radius 2 is 2.14 bits per heavy atom. The minimum Gasteiger partial charge on any atom is -0.507 e. The zero-order valence-electron chi connectivity index (χ0n) is 12.0. The van der Waals surface area contributed by atoms with Gasteiger partial charge in [-0.2, -0.15) is 0 Å². The second-order valence-electron chi connectivity index (χ2n) is 4.73. The minimum atomic E-state index is -1.18. The molecule has 116 valence electrons. The summed E-state index contributed by atoms with van der Waals surface area (Å²) < 4.78 is 10.1. The smallest absolute Gasteiger partial charge is 0.342 e. The summed E-state index contributed by atoms with van der Waals surface area (Å²) in [7, 11) is 1.34. The number of rotatable bonds is 4. The van der Waals surface area contributed by atoms with Gasteiger partial charge < -0.3 is 19.7 Å². The number of hydrogen-bond donors (Lipinski definition) is 2. The molecule has 0 spiro atoms. The van der Waals surface area contributed by atoms with Crippen LogP contribution in [0.25, 0.3) is 0 Å². The molecule has 0 saturated carbocycles. The molecule has 0 aromatic heterocycles. The Morgan fingerprint density at radius 3 is 2.68 bits per heavy atom. The first-order chi connectivity index (χ1) is 10.3. The lowest BCUT2D eigenvalue weighted by molar-refractivity contribution is -0.131. The van der Waals surface area contributed by atoms with Crippen LogP contribution in [0.5, 0.6) is 11.5 Å². The zero-order valence-corrected chi connectivity index (χ0v) is 12.0. The van der Waals surface area contributed by atoms with Crippen molar-refractivity contribution in [2.45, 2.75) is 19.4 Å². The number of carboxylic acids is 1. The number of aliphatic carboxylic acids is 1. The monoisotopic (exact) mass is 306 g/mol. The van der Waals surface area contributed by atoms with Crippen molar-refractivity contribution in [2.24, 2.45) is 0 Å². The number of carbonyl (C=O) groups excluding carboxylic acids is 2. The first-order valence-electron chi connectivity index (χ1n) is 6.41. The summed E-state index contributed by atoms with van der Waals surface area (Å²) in [6.45, 7) is 1.32. The summed E-state index contributed by atoms with van der Waals surface area (Å²) in [5.74, 6) is -2.52. The SMILES string of the molecule is COc1cc(O)c2c(c1C(C)=O)CC(C=CC(=O)O)OC2=O. The molecular formula is C15H14O7. The van der Waals surface area contributed by atoms with Gasteiger partial charge in [0.05, 0.1) is 12.7 Å². The van der Waals surface area contributed by atoms with Crippen LogP contribution in [0.15, 0.2) is 18.2 Å². The number of ketones is 1. The van der Waals surface area contributed by atoms with E-state index in [1.807, 2.05) is 0 Å². The van der Waals surface area contributed by atoms with Crippen molar-refractivity contribution in [3.63, 3.8) is 0 Å². The molecule has 0 fully saturated rings. The van der Waals surface area contributed by atoms with E-state index in [4.69, 9.17) is 14.6 Å². The fourth-order valence-electron chi connectivity index (χ4n) is 2.41. The molecule has 0 aliphatic carbocycles. The van der Waals surface area contributed by atoms with Crippen LogP contribution in [0, 0.1) is 0 Å². The Kier molecular flexibility index (Phi) is 4.16. The third-order valence-corrected chi connectivity index (χ3v) is 3.27. The number of benzene rings is 1. The molecule has 0 radical (unpaired) electrons. The number of carbonyl (C=O) groups is 3. The maximum Gasteiger partial charge on any atom is 0.342 e. The molecule has 0 saturated heterocycles. The highest BCUT2D eigenvalue weighted by Crippen LogP contribution is 2.37. The van der Waals surface area contributed by atoms with E-state index in [-0.39, 0.29) is 34.8 Å². The molecule has 2 N–H and O–H groups in total. The average Bonchev–Trinajstić information content (AvgIpc) is 2.43. The second kappa shape index (κ2) is 5.88. The second-order valence-corrected chi connectivity index (χ2v) is 4.73. The standard InChI is InChI=1S/C15H14O7/c1-7(16)13-9-5-8(3-4-12(18)19)22-15(20)14(9)10(17)6-11(13)21-2/h3-4,6,8,17H,5H2,1-2H3,(H,18,19). The molecule has 1 aliphatic heterocycles. The van der Waals surface area contributed by atoms with E-state index in [1.165, 1.54) is 26.2 Å². The summed E-state index contributed by atoms with van der Waals surface area (Å²) in [5, 5.41) is 18.6. The van der Waals surface area contributed by atoms with Crippen LogP contribution in [0.3, 0.4) is 0 Å². The maximum absolute atomic E-state index is 12.0. The van der Waals surface area contributed by atoms with Crippen molar-refractivity contribution in [3.8, 4) is 11.5 Å². The molecule has 1 unspecified atom stereocenters. The van der Waals surface area contributed by atoms with Gasteiger partial charge in [0, 0.05) is 18.6 Å². The van der Waals surface area contributed by atoms with Gasteiger partial charge in [-0.15, -0.1) is 0 Å². The number of Topliss-reactive ketones (excluding diaryl/α,β-unsaturated/α-hetero) is 1. The number of cyclic esters (lactones) is 1. The van der Waals surface area contributed by atoms with Gasteiger partial charge in [0.1, 0.15) is 23.2 Å². The van der Waals surface area contributed by atoms with E-state index in [0.29, 0.717) is 5.56 Å². The maximum atomic E-state index is 12.0. The number of esters is 1. The van der Waals surface area contributed by atoms with Gasteiger partial charge >= 0.3 is 11.9 Å². The van der Waals surface area contributed by atoms with Gasteiger partial charge in [-0.25, -0.2) is 9.59 Å². The van der Waals surface area contributed by atoms with Crippen molar-refractivity contribution >= 4 is 17.7 Å². The summed E-state index contributed by atoms with van der Waals surface area (Å²) >= 11 is 0. The quantitative estimate of drug-likeness (QED) is 0.490. The molecule has 2 rings (SSSR count). The van der Waals surface area contributed by atoms with Crippen molar-refractivity contribution < 1.29 is 34.1 Å². The number of carboxylic acid groups (broad SMARTS) is 1. The molecular weight excluding hydrogens is 292 g/mol. The normalized spacial score (nSPS) is 17.0. The Balaban J connectivity index is 2.58. The highest BCUT2D eigenvalue weighted by Gasteiger charge is 2.33. The molecule has 0 bridgehead atoms. The molecule has 0 amide bonds. The van der Waals surface area contributed by atoms with Gasteiger partial charge in [-0.05, 0) is 18.6 Å². The van der Waals surface area contributed by atoms with E-state index < -0.39 is 18.0 Å². The molecule has 22 heavy (non-hydrogen) atoms. The fraction of sp³-hybridized carbons (Fsp3) is 0.267. The number of hydrogen-bond acceptors (Lipinski definition) is 6. The van der Waals surface area contributed by atoms with Crippen LogP contribution in [-0.4, -0.2) is 41.1 Å². The van der Waals surface area contributed by atoms with Crippen molar-refractivity contribution in [1.29, 1.82) is 0 Å². The lowest BCUT2D eigenvalue weighted by Crippen LogP contribution is -2.28. The first-order valence-corrected chi connectivity index (χ1v) is 6.41. The largest absolute Gasteiger partial charge is 0.507 e. The van der Waals surface area contributed by atoms with E-state index in [9.17, 15) is 19.5 Å². The first kappa shape index (κ1) is 15.6. The number of fused-ring (bicyclic) bond motifs is 1. The lowest BCUT2D eigenvalue weighted by atomic mass is 9.90. The third kappa shape index (κ3) is 2.78. The van der Waals surface area contributed by atoms with Crippen LogP contribution in [0.4, 0.5) is 0 Å². The third-order valence-electron chi connectivity index (χ3n) is 3.27. The van der Waals surface area contributed by atoms with Crippen LogP contribution in [-0.2, 0) is 16.0 Å². The Morgan fingerprint density at radius 1 is 1.45 bits per heavy atom. The molecule has 1 aliphatic rings.